The number of halogens is 1. The molecule has 5 heteroatoms. The van der Waals surface area contributed by atoms with E-state index in [0.29, 0.717) is 30.7 Å². The Balaban J connectivity index is 1.62. The summed E-state index contributed by atoms with van der Waals surface area (Å²) in [7, 11) is 1.52. The summed E-state index contributed by atoms with van der Waals surface area (Å²) >= 11 is 0. The Labute approximate surface area is 143 Å². The number of nitrogens with one attached hydrogen (secondary N) is 1. The smallest absolute Gasteiger partial charge is 0.234 e. The third kappa shape index (κ3) is 3.56. The molecule has 1 N–H and O–H groups in total. The van der Waals surface area contributed by atoms with Gasteiger partial charge in [0.15, 0.2) is 11.6 Å². The number of hydrogen-bond donors (Lipinski definition) is 1. The summed E-state index contributed by atoms with van der Waals surface area (Å²) in [6, 6.07) is 3.56. The third-order valence-electron chi connectivity index (χ3n) is 5.48. The number of hydrogen-bond acceptors (Lipinski definition) is 3. The van der Waals surface area contributed by atoms with Gasteiger partial charge in [-0.05, 0) is 80.8 Å². The van der Waals surface area contributed by atoms with Gasteiger partial charge in [0, 0.05) is 6.54 Å². The Morgan fingerprint density at radius 3 is 2.75 bits per heavy atom. The third-order valence-corrected chi connectivity index (χ3v) is 5.48. The fourth-order valence-electron chi connectivity index (χ4n) is 4.25. The lowest BCUT2D eigenvalue weighted by Gasteiger charge is -2.34. The van der Waals surface area contributed by atoms with Gasteiger partial charge >= 0.3 is 0 Å². The minimum atomic E-state index is -0.256. The van der Waals surface area contributed by atoms with Crippen molar-refractivity contribution in [1.82, 2.24) is 10.2 Å². The number of likely N-dealkylation sites (N-methyl/N-ethyl adjacent to an activating group) is 1. The van der Waals surface area contributed by atoms with Crippen molar-refractivity contribution in [1.29, 1.82) is 0 Å². The van der Waals surface area contributed by atoms with Gasteiger partial charge in [0.2, 0.25) is 5.91 Å². The van der Waals surface area contributed by atoms with Crippen molar-refractivity contribution in [2.75, 3.05) is 33.3 Å². The standard InChI is InChI=1S/C19H27FN2O2/c1-3-21-19(23)12-22-8-6-13(7-9-22)15-5-4-14-10-17(20)18(24-2)11-16(14)15/h10-11,13,15H,3-9,12H2,1-2H3,(H,21,23). The number of methoxy groups -OCH3 is 1. The number of benzene rings is 1. The van der Waals surface area contributed by atoms with Crippen LogP contribution in [0.3, 0.4) is 0 Å². The molecule has 1 unspecified atom stereocenters. The molecule has 0 saturated carbocycles. The van der Waals surface area contributed by atoms with Crippen LogP contribution in [0.25, 0.3) is 0 Å². The molecule has 24 heavy (non-hydrogen) atoms. The Hall–Kier alpha value is -1.62. The van der Waals surface area contributed by atoms with Crippen LogP contribution >= 0.6 is 0 Å². The first-order valence-electron chi connectivity index (χ1n) is 8.97. The molecule has 1 amide bonds. The van der Waals surface area contributed by atoms with E-state index in [1.165, 1.54) is 12.7 Å². The second kappa shape index (κ2) is 7.51. The molecular weight excluding hydrogens is 307 g/mol. The van der Waals surface area contributed by atoms with Crippen molar-refractivity contribution < 1.29 is 13.9 Å². The predicted octanol–water partition coefficient (Wildman–Crippen LogP) is 2.71. The summed E-state index contributed by atoms with van der Waals surface area (Å²) in [6.07, 6.45) is 4.26. The fraction of sp³-hybridized carbons (Fsp3) is 0.632. The zero-order valence-electron chi connectivity index (χ0n) is 14.6. The van der Waals surface area contributed by atoms with Crippen LogP contribution in [-0.2, 0) is 11.2 Å². The molecule has 0 bridgehead atoms. The molecule has 1 heterocycles. The SMILES string of the molecule is CCNC(=O)CN1CCC(C2CCc3cc(F)c(OC)cc32)CC1. The number of ether oxygens (including phenoxy) is 1. The summed E-state index contributed by atoms with van der Waals surface area (Å²) in [6.45, 7) is 5.06. The van der Waals surface area contributed by atoms with Gasteiger partial charge in [-0.3, -0.25) is 9.69 Å². The highest BCUT2D eigenvalue weighted by Gasteiger charge is 2.33. The van der Waals surface area contributed by atoms with Crippen molar-refractivity contribution in [2.45, 2.75) is 38.5 Å². The van der Waals surface area contributed by atoms with E-state index in [1.807, 2.05) is 13.0 Å². The van der Waals surface area contributed by atoms with Crippen molar-refractivity contribution in [3.05, 3.63) is 29.1 Å². The molecule has 1 aliphatic heterocycles. The number of carbonyl (C=O) groups excluding carboxylic acids is 1. The molecule has 4 nitrogen and oxygen atoms in total. The van der Waals surface area contributed by atoms with Gasteiger partial charge in [-0.1, -0.05) is 0 Å². The van der Waals surface area contributed by atoms with E-state index >= 15 is 0 Å². The van der Waals surface area contributed by atoms with Gasteiger partial charge in [-0.15, -0.1) is 0 Å². The normalized spacial score (nSPS) is 21.5. The summed E-state index contributed by atoms with van der Waals surface area (Å²) in [5, 5.41) is 2.86. The first kappa shape index (κ1) is 17.2. The lowest BCUT2D eigenvalue weighted by atomic mass is 9.81. The monoisotopic (exact) mass is 334 g/mol. The molecule has 0 radical (unpaired) electrons. The number of rotatable bonds is 5. The van der Waals surface area contributed by atoms with Gasteiger partial charge in [0.25, 0.3) is 0 Å². The van der Waals surface area contributed by atoms with E-state index in [1.54, 1.807) is 6.07 Å². The predicted molar refractivity (Wildman–Crippen MR) is 91.9 cm³/mol. The quantitative estimate of drug-likeness (QED) is 0.900. The number of fused-ring (bicyclic) bond motifs is 1. The minimum absolute atomic E-state index is 0.113. The highest BCUT2D eigenvalue weighted by Crippen LogP contribution is 2.44. The van der Waals surface area contributed by atoms with Gasteiger partial charge < -0.3 is 10.1 Å². The van der Waals surface area contributed by atoms with E-state index in [0.717, 1.165) is 44.3 Å². The van der Waals surface area contributed by atoms with Gasteiger partial charge in [0.1, 0.15) is 0 Å². The molecule has 2 aliphatic rings. The van der Waals surface area contributed by atoms with E-state index in [2.05, 4.69) is 10.2 Å². The molecule has 0 aromatic heterocycles. The van der Waals surface area contributed by atoms with Crippen molar-refractivity contribution in [3.8, 4) is 5.75 Å². The van der Waals surface area contributed by atoms with Crippen LogP contribution in [0.5, 0.6) is 5.75 Å². The van der Waals surface area contributed by atoms with Gasteiger partial charge in [-0.25, -0.2) is 4.39 Å². The van der Waals surface area contributed by atoms with Crippen molar-refractivity contribution >= 4 is 5.91 Å². The van der Waals surface area contributed by atoms with E-state index in [4.69, 9.17) is 4.74 Å². The maximum absolute atomic E-state index is 13.9. The Morgan fingerprint density at radius 2 is 2.08 bits per heavy atom. The number of carbonyl (C=O) groups is 1. The van der Waals surface area contributed by atoms with E-state index in [9.17, 15) is 9.18 Å². The molecule has 0 spiro atoms. The van der Waals surface area contributed by atoms with Crippen LogP contribution in [0.2, 0.25) is 0 Å². The molecule has 1 fully saturated rings. The summed E-state index contributed by atoms with van der Waals surface area (Å²) in [4.78, 5) is 14.0. The zero-order chi connectivity index (χ0) is 17.1. The van der Waals surface area contributed by atoms with Gasteiger partial charge in [0.05, 0.1) is 13.7 Å². The van der Waals surface area contributed by atoms with Crippen LogP contribution in [0, 0.1) is 11.7 Å². The molecule has 1 saturated heterocycles. The van der Waals surface area contributed by atoms with E-state index in [-0.39, 0.29) is 11.7 Å². The fourth-order valence-corrected chi connectivity index (χ4v) is 4.25. The van der Waals surface area contributed by atoms with Crippen molar-refractivity contribution in [3.63, 3.8) is 0 Å². The highest BCUT2D eigenvalue weighted by atomic mass is 19.1. The van der Waals surface area contributed by atoms with Gasteiger partial charge in [-0.2, -0.15) is 0 Å². The highest BCUT2D eigenvalue weighted by molar-refractivity contribution is 5.77. The van der Waals surface area contributed by atoms with E-state index < -0.39 is 0 Å². The maximum Gasteiger partial charge on any atom is 0.234 e. The lowest BCUT2D eigenvalue weighted by molar-refractivity contribution is -0.122. The second-order valence-corrected chi connectivity index (χ2v) is 6.90. The Kier molecular flexibility index (Phi) is 5.39. The summed E-state index contributed by atoms with van der Waals surface area (Å²) in [5.41, 5.74) is 2.42. The van der Waals surface area contributed by atoms with Crippen LogP contribution in [0.1, 0.15) is 43.2 Å². The molecule has 1 aromatic rings. The molecular formula is C19H27FN2O2. The summed E-state index contributed by atoms with van der Waals surface area (Å²) < 4.78 is 19.0. The van der Waals surface area contributed by atoms with Crippen LogP contribution in [0.15, 0.2) is 12.1 Å². The molecule has 132 valence electrons. The summed E-state index contributed by atoms with van der Waals surface area (Å²) in [5.74, 6) is 1.33. The average Bonchev–Trinajstić information content (AvgIpc) is 2.97. The first-order chi connectivity index (χ1) is 11.6. The number of amides is 1. The number of aryl methyl sites for hydroxylation is 1. The molecule has 3 rings (SSSR count). The minimum Gasteiger partial charge on any atom is -0.494 e. The number of piperidine rings is 1. The van der Waals surface area contributed by atoms with Crippen LogP contribution in [0.4, 0.5) is 4.39 Å². The van der Waals surface area contributed by atoms with Crippen LogP contribution < -0.4 is 10.1 Å². The number of likely N-dealkylation sites (tertiary alicyclic amines) is 1. The first-order valence-corrected chi connectivity index (χ1v) is 8.97. The Morgan fingerprint density at radius 1 is 1.33 bits per heavy atom. The average molecular weight is 334 g/mol. The molecule has 1 atom stereocenters. The Bertz CT molecular complexity index is 597. The topological polar surface area (TPSA) is 41.6 Å². The maximum atomic E-state index is 13.9. The lowest BCUT2D eigenvalue weighted by Crippen LogP contribution is -2.42. The van der Waals surface area contributed by atoms with Crippen LogP contribution in [-0.4, -0.2) is 44.1 Å². The zero-order valence-corrected chi connectivity index (χ0v) is 14.6. The largest absolute Gasteiger partial charge is 0.494 e. The van der Waals surface area contributed by atoms with Crippen molar-refractivity contribution in [2.24, 2.45) is 5.92 Å². The number of nitrogens with zero attached hydrogens (tertiary/aromatic N) is 1. The molecule has 1 aliphatic carbocycles. The molecule has 1 aromatic carbocycles. The second-order valence-electron chi connectivity index (χ2n) is 6.90.